The zero-order valence-corrected chi connectivity index (χ0v) is 14.9. The van der Waals surface area contributed by atoms with Crippen LogP contribution >= 0.6 is 0 Å². The number of carbonyl (C=O) groups is 1. The molecule has 1 heterocycles. The fraction of sp³-hybridized carbons (Fsp3) is 0.632. The van der Waals surface area contributed by atoms with Gasteiger partial charge in [0.05, 0.1) is 6.10 Å². The average molecular weight is 319 g/mol. The highest BCUT2D eigenvalue weighted by Crippen LogP contribution is 2.29. The monoisotopic (exact) mass is 319 g/mol. The van der Waals surface area contributed by atoms with Crippen LogP contribution in [0.4, 0.5) is 4.79 Å². The van der Waals surface area contributed by atoms with Crippen LogP contribution in [0.3, 0.4) is 0 Å². The minimum absolute atomic E-state index is 0.0423. The molecule has 128 valence electrons. The predicted molar refractivity (Wildman–Crippen MR) is 91.5 cm³/mol. The molecule has 23 heavy (non-hydrogen) atoms. The van der Waals surface area contributed by atoms with Crippen LogP contribution in [-0.2, 0) is 4.74 Å². The van der Waals surface area contributed by atoms with Crippen LogP contribution in [0.1, 0.15) is 62.8 Å². The fourth-order valence-electron chi connectivity index (χ4n) is 3.24. The molecule has 1 saturated heterocycles. The van der Waals surface area contributed by atoms with Crippen molar-refractivity contribution < 1.29 is 14.6 Å². The summed E-state index contributed by atoms with van der Waals surface area (Å²) < 4.78 is 5.48. The Kier molecular flexibility index (Phi) is 5.35. The minimum Gasteiger partial charge on any atom is -0.444 e. The van der Waals surface area contributed by atoms with E-state index in [1.165, 1.54) is 0 Å². The Morgan fingerprint density at radius 1 is 1.30 bits per heavy atom. The number of amides is 1. The number of hydrogen-bond acceptors (Lipinski definition) is 3. The van der Waals surface area contributed by atoms with Crippen LogP contribution in [-0.4, -0.2) is 34.3 Å². The molecule has 1 aromatic carbocycles. The van der Waals surface area contributed by atoms with Crippen molar-refractivity contribution in [2.75, 3.05) is 6.54 Å². The zero-order valence-electron chi connectivity index (χ0n) is 14.9. The van der Waals surface area contributed by atoms with Crippen molar-refractivity contribution in [3.8, 4) is 0 Å². The maximum atomic E-state index is 12.3. The van der Waals surface area contributed by atoms with E-state index in [1.807, 2.05) is 46.8 Å². The number of benzene rings is 1. The molecule has 1 amide bonds. The number of rotatable bonds is 3. The van der Waals surface area contributed by atoms with Crippen molar-refractivity contribution >= 4 is 6.09 Å². The van der Waals surface area contributed by atoms with E-state index >= 15 is 0 Å². The summed E-state index contributed by atoms with van der Waals surface area (Å²) in [5.41, 5.74) is 2.73. The van der Waals surface area contributed by atoms with Gasteiger partial charge in [-0.3, -0.25) is 0 Å². The Bertz CT molecular complexity index is 542. The largest absolute Gasteiger partial charge is 0.444 e. The quantitative estimate of drug-likeness (QED) is 0.911. The summed E-state index contributed by atoms with van der Waals surface area (Å²) in [6.07, 6.45) is 1.61. The SMILES string of the molecule is Cc1cc(C)cc(C(O)CC2CCCN2C(=O)OC(C)(C)C)c1. The topological polar surface area (TPSA) is 49.8 Å². The number of nitrogens with zero attached hydrogens (tertiary/aromatic N) is 1. The molecule has 0 aromatic heterocycles. The van der Waals surface area contributed by atoms with Crippen molar-refractivity contribution in [2.24, 2.45) is 0 Å². The molecular formula is C19H29NO3. The molecule has 2 atom stereocenters. The first-order valence-electron chi connectivity index (χ1n) is 8.41. The van der Waals surface area contributed by atoms with E-state index in [4.69, 9.17) is 4.74 Å². The van der Waals surface area contributed by atoms with Gasteiger partial charge in [0.1, 0.15) is 5.60 Å². The van der Waals surface area contributed by atoms with Crippen molar-refractivity contribution in [1.82, 2.24) is 4.90 Å². The van der Waals surface area contributed by atoms with Gasteiger partial charge in [-0.05, 0) is 59.4 Å². The smallest absolute Gasteiger partial charge is 0.410 e. The van der Waals surface area contributed by atoms with Gasteiger partial charge in [0, 0.05) is 12.6 Å². The second-order valence-electron chi connectivity index (χ2n) is 7.64. The Morgan fingerprint density at radius 2 is 1.91 bits per heavy atom. The Balaban J connectivity index is 2.04. The van der Waals surface area contributed by atoms with Gasteiger partial charge in [-0.15, -0.1) is 0 Å². The van der Waals surface area contributed by atoms with E-state index in [1.54, 1.807) is 4.90 Å². The van der Waals surface area contributed by atoms with Crippen LogP contribution in [0, 0.1) is 13.8 Å². The molecule has 0 radical (unpaired) electrons. The first-order valence-corrected chi connectivity index (χ1v) is 8.41. The molecule has 1 N–H and O–H groups in total. The van der Waals surface area contributed by atoms with E-state index in [2.05, 4.69) is 6.07 Å². The molecule has 4 heteroatoms. The van der Waals surface area contributed by atoms with Crippen LogP contribution in [0.2, 0.25) is 0 Å². The van der Waals surface area contributed by atoms with Gasteiger partial charge in [0.15, 0.2) is 0 Å². The van der Waals surface area contributed by atoms with Crippen LogP contribution in [0.25, 0.3) is 0 Å². The number of hydrogen-bond donors (Lipinski definition) is 1. The molecule has 2 unspecified atom stereocenters. The van der Waals surface area contributed by atoms with Gasteiger partial charge in [-0.2, -0.15) is 0 Å². The van der Waals surface area contributed by atoms with Gasteiger partial charge in [-0.25, -0.2) is 4.79 Å². The first-order chi connectivity index (χ1) is 10.7. The van der Waals surface area contributed by atoms with Crippen LogP contribution in [0.15, 0.2) is 18.2 Å². The van der Waals surface area contributed by atoms with Gasteiger partial charge in [0.25, 0.3) is 0 Å². The summed E-state index contributed by atoms with van der Waals surface area (Å²) in [4.78, 5) is 14.1. The van der Waals surface area contributed by atoms with Gasteiger partial charge in [-0.1, -0.05) is 29.3 Å². The van der Waals surface area contributed by atoms with E-state index < -0.39 is 11.7 Å². The number of likely N-dealkylation sites (tertiary alicyclic amines) is 1. The summed E-state index contributed by atoms with van der Waals surface area (Å²) in [5.74, 6) is 0. The molecule has 1 aliphatic rings. The lowest BCUT2D eigenvalue weighted by Crippen LogP contribution is -2.40. The molecule has 0 bridgehead atoms. The summed E-state index contributed by atoms with van der Waals surface area (Å²) in [7, 11) is 0. The number of aliphatic hydroxyl groups excluding tert-OH is 1. The van der Waals surface area contributed by atoms with Crippen LogP contribution in [0.5, 0.6) is 0 Å². The summed E-state index contributed by atoms with van der Waals surface area (Å²) in [5, 5.41) is 10.6. The van der Waals surface area contributed by atoms with Crippen molar-refractivity contribution in [2.45, 2.75) is 71.6 Å². The molecule has 4 nitrogen and oxygen atoms in total. The van der Waals surface area contributed by atoms with Gasteiger partial charge in [0.2, 0.25) is 0 Å². The lowest BCUT2D eigenvalue weighted by atomic mass is 9.97. The normalized spacial score (nSPS) is 19.7. The zero-order chi connectivity index (χ0) is 17.2. The van der Waals surface area contributed by atoms with Gasteiger partial charge >= 0.3 is 6.09 Å². The Labute approximate surface area is 139 Å². The van der Waals surface area contributed by atoms with Gasteiger partial charge < -0.3 is 14.7 Å². The molecule has 1 aliphatic heterocycles. The Morgan fingerprint density at radius 3 is 2.48 bits per heavy atom. The van der Waals surface area contributed by atoms with E-state index in [-0.39, 0.29) is 12.1 Å². The van der Waals surface area contributed by atoms with Crippen LogP contribution < -0.4 is 0 Å². The van der Waals surface area contributed by atoms with E-state index in [0.717, 1.165) is 29.5 Å². The maximum Gasteiger partial charge on any atom is 0.410 e. The highest BCUT2D eigenvalue weighted by atomic mass is 16.6. The molecule has 0 aliphatic carbocycles. The first kappa shape index (κ1) is 17.8. The summed E-state index contributed by atoms with van der Waals surface area (Å²) >= 11 is 0. The van der Waals surface area contributed by atoms with Crippen molar-refractivity contribution in [3.63, 3.8) is 0 Å². The average Bonchev–Trinajstić information content (AvgIpc) is 2.83. The van der Waals surface area contributed by atoms with E-state index in [0.29, 0.717) is 13.0 Å². The second-order valence-corrected chi connectivity index (χ2v) is 7.64. The minimum atomic E-state index is -0.554. The lowest BCUT2D eigenvalue weighted by Gasteiger charge is -2.29. The van der Waals surface area contributed by atoms with Crippen molar-refractivity contribution in [3.05, 3.63) is 34.9 Å². The lowest BCUT2D eigenvalue weighted by molar-refractivity contribution is 0.0178. The highest BCUT2D eigenvalue weighted by Gasteiger charge is 2.33. The maximum absolute atomic E-state index is 12.3. The third-order valence-electron chi connectivity index (χ3n) is 4.13. The standard InChI is InChI=1S/C19H29NO3/c1-13-9-14(2)11-15(10-13)17(21)12-16-7-6-8-20(16)18(22)23-19(3,4)5/h9-11,16-17,21H,6-8,12H2,1-5H3. The second kappa shape index (κ2) is 6.91. The number of aliphatic hydroxyl groups is 1. The number of aryl methyl sites for hydroxylation is 2. The third-order valence-corrected chi connectivity index (χ3v) is 4.13. The van der Waals surface area contributed by atoms with E-state index in [9.17, 15) is 9.90 Å². The molecule has 0 spiro atoms. The molecular weight excluding hydrogens is 290 g/mol. The molecule has 1 aromatic rings. The molecule has 0 saturated carbocycles. The molecule has 1 fully saturated rings. The Hall–Kier alpha value is -1.55. The van der Waals surface area contributed by atoms with Crippen molar-refractivity contribution in [1.29, 1.82) is 0 Å². The summed E-state index contributed by atoms with van der Waals surface area (Å²) in [6.45, 7) is 10.4. The number of carbonyl (C=O) groups excluding carboxylic acids is 1. The third kappa shape index (κ3) is 4.96. The summed E-state index contributed by atoms with van der Waals surface area (Å²) in [6, 6.07) is 6.17. The molecule has 2 rings (SSSR count). The fourth-order valence-corrected chi connectivity index (χ4v) is 3.24. The number of ether oxygens (including phenoxy) is 1. The highest BCUT2D eigenvalue weighted by molar-refractivity contribution is 5.69. The predicted octanol–water partition coefficient (Wildman–Crippen LogP) is 4.13.